The first-order valence-electron chi connectivity index (χ1n) is 51.7. The fraction of sp³-hybridized carbons (Fsp3) is 0.562. The molecule has 8 heteroatoms. The summed E-state index contributed by atoms with van der Waals surface area (Å²) in [7, 11) is -19.3. The monoisotopic (exact) mass is 1940 g/mol. The van der Waals surface area contributed by atoms with E-state index in [4.69, 9.17) is 0 Å². The standard InChI is InChI=1S/C128H178Si8/c1-95(2)129(96(3)4,97(5)6)87-79-121(71-57-55-69-119-65-51-49-52-66-119)123(81-89-131(101(13)14,102(15)16)103(17)18)73-59-61-75-125(83-91-133(107(25)26,108(27)28)109(29)30)127(85-93-135(113(37)38,114(39)40)115(41)42)77-63-64-78-128(86-94-136(116(43)44,117(45)46)118(47)48)126(84-92-134(110(31)32,111(33)34)112(35)36)76-62-60-74-124(82-90-132(104(19)20,105(21)22)106(23)24)122(72-58-56-70-120-67-53-50-54-68-120)80-88-130(98(7)8,99(9)10)100(11)12/h49-54,65-68,95-118H,1-48H3/b123-121+,124-122+,127-125+,128-126+. The fourth-order valence-corrected chi connectivity index (χ4v) is 65.7. The van der Waals surface area contributed by atoms with Crippen molar-refractivity contribution >= 4 is 64.6 Å². The van der Waals surface area contributed by atoms with Crippen molar-refractivity contribution in [1.82, 2.24) is 0 Å². The Hall–Kier alpha value is -8.78. The summed E-state index contributed by atoms with van der Waals surface area (Å²) in [5.41, 5.74) is 46.8. The highest BCUT2D eigenvalue weighted by atomic mass is 28.3. The maximum Gasteiger partial charge on any atom is 0.146 e. The summed E-state index contributed by atoms with van der Waals surface area (Å²) >= 11 is 0. The van der Waals surface area contributed by atoms with E-state index in [2.05, 4.69) is 542 Å². The molecule has 0 aliphatic heterocycles. The second-order valence-electron chi connectivity index (χ2n) is 45.4. The predicted molar refractivity (Wildman–Crippen MR) is 628 cm³/mol. The fourth-order valence-electron chi connectivity index (χ4n) is 24.1. The Morgan fingerprint density at radius 1 is 0.132 bits per heavy atom. The minimum absolute atomic E-state index is 0.313. The predicted octanol–water partition coefficient (Wildman–Crippen LogP) is 34.1. The van der Waals surface area contributed by atoms with Gasteiger partial charge in [0.2, 0.25) is 0 Å². The lowest BCUT2D eigenvalue weighted by Crippen LogP contribution is -2.43. The second-order valence-corrected chi connectivity index (χ2v) is 90.0. The van der Waals surface area contributed by atoms with Gasteiger partial charge in [0.25, 0.3) is 0 Å². The maximum atomic E-state index is 4.11. The van der Waals surface area contributed by atoms with E-state index in [1.54, 1.807) is 0 Å². The quantitative estimate of drug-likeness (QED) is 0.0726. The molecule has 0 radical (unpaired) electrons. The molecule has 2 aromatic carbocycles. The highest BCUT2D eigenvalue weighted by Crippen LogP contribution is 2.48. The van der Waals surface area contributed by atoms with Crippen molar-refractivity contribution in [1.29, 1.82) is 0 Å². The average Bonchev–Trinajstić information content (AvgIpc) is 0.805. The number of rotatable bonds is 24. The summed E-state index contributed by atoms with van der Waals surface area (Å²) in [4.78, 5) is 0. The van der Waals surface area contributed by atoms with Gasteiger partial charge in [-0.2, -0.15) is 0 Å². The summed E-state index contributed by atoms with van der Waals surface area (Å²) in [5, 5.41) is 0. The molecule has 0 saturated heterocycles. The molecule has 0 aliphatic carbocycles. The van der Waals surface area contributed by atoms with Gasteiger partial charge >= 0.3 is 0 Å². The van der Waals surface area contributed by atoms with Gasteiger partial charge in [-0.1, -0.05) is 428 Å². The van der Waals surface area contributed by atoms with Crippen LogP contribution in [-0.2, 0) is 0 Å². The third kappa shape index (κ3) is 30.9. The first-order chi connectivity index (χ1) is 63.3. The van der Waals surface area contributed by atoms with Crippen molar-refractivity contribution in [2.75, 3.05) is 0 Å². The zero-order valence-electron chi connectivity index (χ0n) is 94.6. The molecule has 2 aromatic rings. The lowest BCUT2D eigenvalue weighted by Gasteiger charge is -2.38. The zero-order chi connectivity index (χ0) is 104. The van der Waals surface area contributed by atoms with Crippen molar-refractivity contribution in [3.8, 4) is 210 Å². The molecule has 0 unspecified atom stereocenters. The van der Waals surface area contributed by atoms with Crippen LogP contribution in [0.25, 0.3) is 0 Å². The molecule has 2 rings (SSSR count). The van der Waals surface area contributed by atoms with Gasteiger partial charge in [0.1, 0.15) is 64.6 Å². The molecule has 0 nitrogen and oxygen atoms in total. The van der Waals surface area contributed by atoms with Crippen LogP contribution in [0.15, 0.2) is 105 Å². The minimum Gasteiger partial charge on any atom is -0.124 e. The Morgan fingerprint density at radius 3 is 0.324 bits per heavy atom. The van der Waals surface area contributed by atoms with Crippen LogP contribution in [-0.4, -0.2) is 64.6 Å². The average molecular weight is 1940 g/mol. The van der Waals surface area contributed by atoms with Gasteiger partial charge < -0.3 is 0 Å². The first kappa shape index (κ1) is 123. The summed E-state index contributed by atoms with van der Waals surface area (Å²) in [6.07, 6.45) is 0. The van der Waals surface area contributed by atoms with Gasteiger partial charge in [-0.05, 0) is 264 Å². The van der Waals surface area contributed by atoms with Gasteiger partial charge in [0, 0.05) is 11.1 Å². The largest absolute Gasteiger partial charge is 0.146 e. The molecule has 0 saturated carbocycles. The third-order valence-electron chi connectivity index (χ3n) is 30.9. The van der Waals surface area contributed by atoms with E-state index in [9.17, 15) is 0 Å². The molecule has 136 heavy (non-hydrogen) atoms. The van der Waals surface area contributed by atoms with Crippen LogP contribution in [0.2, 0.25) is 133 Å². The molecule has 0 atom stereocenters. The summed E-state index contributed by atoms with van der Waals surface area (Å²) < 4.78 is 0. The smallest absolute Gasteiger partial charge is 0.124 e. The van der Waals surface area contributed by atoms with E-state index in [1.807, 2.05) is 60.7 Å². The molecule has 0 aromatic heterocycles. The molecule has 722 valence electrons. The molecular formula is C128H178Si8. The van der Waals surface area contributed by atoms with E-state index < -0.39 is 64.6 Å². The van der Waals surface area contributed by atoms with Crippen LogP contribution in [0, 0.1) is 210 Å². The van der Waals surface area contributed by atoms with Crippen LogP contribution in [0.1, 0.15) is 343 Å². The van der Waals surface area contributed by atoms with Crippen LogP contribution in [0.3, 0.4) is 0 Å². The highest BCUT2D eigenvalue weighted by Gasteiger charge is 2.49. The lowest BCUT2D eigenvalue weighted by atomic mass is 10.1. The van der Waals surface area contributed by atoms with Crippen LogP contribution < -0.4 is 0 Å². The van der Waals surface area contributed by atoms with E-state index in [0.29, 0.717) is 178 Å². The van der Waals surface area contributed by atoms with Crippen molar-refractivity contribution in [3.63, 3.8) is 0 Å². The molecule has 0 amide bonds. The summed E-state index contributed by atoms with van der Waals surface area (Å²) in [6, 6.07) is 20.0. The summed E-state index contributed by atoms with van der Waals surface area (Å²) in [5.74, 6) is 99.8. The Balaban J connectivity index is 4.42. The van der Waals surface area contributed by atoms with E-state index in [0.717, 1.165) is 11.1 Å². The topological polar surface area (TPSA) is 0 Å². The molecular weight excluding hydrogens is 1760 g/mol. The zero-order valence-corrected chi connectivity index (χ0v) is 103. The molecule has 0 spiro atoms. The van der Waals surface area contributed by atoms with Gasteiger partial charge in [-0.25, -0.2) is 0 Å². The molecule has 0 N–H and O–H groups in total. The third-order valence-corrected chi connectivity index (χ3v) is 81.3. The van der Waals surface area contributed by atoms with Gasteiger partial charge in [0.15, 0.2) is 0 Å². The Labute approximate surface area is 849 Å². The molecule has 0 bridgehead atoms. The van der Waals surface area contributed by atoms with Crippen molar-refractivity contribution in [2.24, 2.45) is 0 Å². The Bertz CT molecular complexity index is 5280. The number of hydrogen-bond donors (Lipinski definition) is 0. The van der Waals surface area contributed by atoms with E-state index >= 15 is 0 Å². The van der Waals surface area contributed by atoms with Crippen LogP contribution in [0.5, 0.6) is 0 Å². The van der Waals surface area contributed by atoms with E-state index in [1.165, 1.54) is 0 Å². The second kappa shape index (κ2) is 56.5. The maximum absolute atomic E-state index is 4.11. The van der Waals surface area contributed by atoms with Crippen LogP contribution >= 0.6 is 0 Å². The summed E-state index contributed by atoms with van der Waals surface area (Å²) in [6.45, 7) is 113. The van der Waals surface area contributed by atoms with Gasteiger partial charge in [-0.3, -0.25) is 0 Å². The lowest BCUT2D eigenvalue weighted by molar-refractivity contribution is 0.838. The first-order valence-corrected chi connectivity index (χ1v) is 69.6. The Kier molecular flexibility index (Phi) is 51.2. The number of hydrogen-bond acceptors (Lipinski definition) is 0. The van der Waals surface area contributed by atoms with Crippen molar-refractivity contribution in [2.45, 2.75) is 465 Å². The van der Waals surface area contributed by atoms with Crippen molar-refractivity contribution < 1.29 is 0 Å². The van der Waals surface area contributed by atoms with Gasteiger partial charge in [0.05, 0.1) is 44.6 Å². The molecule has 0 fully saturated rings. The van der Waals surface area contributed by atoms with Crippen LogP contribution in [0.4, 0.5) is 0 Å². The normalized spacial score (nSPS) is 12.7. The highest BCUT2D eigenvalue weighted by molar-refractivity contribution is 6.94. The molecule has 0 heterocycles. The van der Waals surface area contributed by atoms with Gasteiger partial charge in [-0.15, -0.1) is 44.3 Å². The number of allylic oxidation sites excluding steroid dienone is 8. The minimum atomic E-state index is -2.48. The van der Waals surface area contributed by atoms with E-state index in [-0.39, 0.29) is 0 Å². The van der Waals surface area contributed by atoms with Crippen molar-refractivity contribution in [3.05, 3.63) is 116 Å². The molecule has 0 aliphatic rings. The SMILES string of the molecule is CC(C)[Si](C#C/C(C#CC#C/C(C#C[Si](C(C)C)(C(C)C)C(C)C)=C(/C#CC#C/C(C#C[Si](C(C)C)(C(C)C)C(C)C)=C(/C#CC#Cc1ccccc1)C#C[Si](C(C)C)(C(C)C)C(C)C)C#C[Si](C(C)C)(C(C)C)C(C)C)=C(\C#CC#C/C(C#C[Si](C(C)C)(C(C)C)C(C)C)=C(/C#CC#Cc1ccccc1)C#C[Si](C(C)C)(C(C)C)C(C)C)C#C[Si](C(C)C)(C(C)C)C(C)C)(C(C)C)C(C)C. The Morgan fingerprint density at radius 2 is 0.228 bits per heavy atom. The number of benzene rings is 2.